The van der Waals surface area contributed by atoms with Gasteiger partial charge in [0.15, 0.2) is 5.69 Å². The van der Waals surface area contributed by atoms with E-state index in [9.17, 15) is 33.0 Å². The average Bonchev–Trinajstić information content (AvgIpc) is 3.25. The Morgan fingerprint density at radius 2 is 1.55 bits per heavy atom. The largest absolute Gasteiger partial charge is 0.755 e. The van der Waals surface area contributed by atoms with E-state index in [0.717, 1.165) is 15.6 Å². The Morgan fingerprint density at radius 1 is 1.02 bits per heavy atom. The lowest BCUT2D eigenvalue weighted by atomic mass is 10.2. The lowest BCUT2D eigenvalue weighted by molar-refractivity contribution is -0.114. The van der Waals surface area contributed by atoms with Crippen LogP contribution in [0.4, 0.5) is 26.0 Å². The van der Waals surface area contributed by atoms with Crippen molar-refractivity contribution in [3.05, 3.63) is 35.5 Å². The quantitative estimate of drug-likeness (QED) is 0.208. The Balaban J connectivity index is 2.14. The van der Waals surface area contributed by atoms with Crippen LogP contribution in [-0.2, 0) is 25.5 Å². The first-order valence-corrected chi connectivity index (χ1v) is 13.4. The third-order valence-corrected chi connectivity index (χ3v) is 5.71. The van der Waals surface area contributed by atoms with Gasteiger partial charge in [0.25, 0.3) is 0 Å². The van der Waals surface area contributed by atoms with Gasteiger partial charge in [-0.25, -0.2) is 24.4 Å². The van der Waals surface area contributed by atoms with Crippen LogP contribution in [-0.4, -0.2) is 66.6 Å². The normalized spacial score (nSPS) is 12.0. The number of rotatable bonds is 7. The van der Waals surface area contributed by atoms with Gasteiger partial charge in [-0.2, -0.15) is 0 Å². The number of carboxylic acid groups (broad SMARTS) is 1. The highest BCUT2D eigenvalue weighted by atomic mass is 32.2. The molecule has 40 heavy (non-hydrogen) atoms. The standard InChI is InChI=1S/C23H30N6O9S2/c1-22(2,3)37-20(33)27-19(28-21(34)38-23(4,5)6)24-11-15(30)26-13-7-9-14(10-8-13)29(40(35)36)17-16(18(31)32)25-12-39-17/h7-10,12H,11H2,1-6H3,(H,26,30)(H,31,32)(H,35,36)(H2,24,27,28,33,34)/p-1. The topological polar surface area (TPSA) is 212 Å². The van der Waals surface area contributed by atoms with Crippen molar-refractivity contribution < 1.29 is 42.5 Å². The molecule has 218 valence electrons. The maximum atomic E-state index is 12.5. The third kappa shape index (κ3) is 10.6. The highest BCUT2D eigenvalue weighted by Crippen LogP contribution is 2.33. The Morgan fingerprint density at radius 3 is 2.00 bits per heavy atom. The number of ether oxygens (including phenoxy) is 2. The molecule has 3 amide bonds. The number of thiazole rings is 1. The van der Waals surface area contributed by atoms with Crippen LogP contribution in [0.15, 0.2) is 34.8 Å². The van der Waals surface area contributed by atoms with Crippen LogP contribution >= 0.6 is 11.3 Å². The average molecular weight is 598 g/mol. The molecule has 0 fully saturated rings. The first-order chi connectivity index (χ1) is 18.4. The van der Waals surface area contributed by atoms with E-state index in [-0.39, 0.29) is 22.3 Å². The zero-order valence-corrected chi connectivity index (χ0v) is 24.1. The number of carboxylic acids is 1. The molecule has 1 heterocycles. The van der Waals surface area contributed by atoms with Gasteiger partial charge in [-0.15, -0.1) is 11.3 Å². The minimum absolute atomic E-state index is 0.0986. The minimum atomic E-state index is -2.86. The number of alkyl carbamates (subject to hydrolysis) is 2. The molecule has 17 heteroatoms. The summed E-state index contributed by atoms with van der Waals surface area (Å²) in [6.45, 7) is 9.29. The van der Waals surface area contributed by atoms with Crippen molar-refractivity contribution in [3.63, 3.8) is 0 Å². The molecule has 0 saturated carbocycles. The van der Waals surface area contributed by atoms with Crippen molar-refractivity contribution in [2.24, 2.45) is 4.99 Å². The lowest BCUT2D eigenvalue weighted by Gasteiger charge is -2.25. The molecule has 0 aliphatic heterocycles. The molecule has 0 bridgehead atoms. The van der Waals surface area contributed by atoms with Crippen molar-refractivity contribution in [2.45, 2.75) is 52.7 Å². The summed E-state index contributed by atoms with van der Waals surface area (Å²) in [5, 5.41) is 16.2. The number of aliphatic imine (C=N–C) groups is 1. The van der Waals surface area contributed by atoms with Crippen LogP contribution < -0.4 is 20.3 Å². The fourth-order valence-electron chi connectivity index (χ4n) is 2.74. The van der Waals surface area contributed by atoms with Crippen LogP contribution in [0.25, 0.3) is 0 Å². The second kappa shape index (κ2) is 13.3. The van der Waals surface area contributed by atoms with E-state index in [4.69, 9.17) is 9.47 Å². The highest BCUT2D eigenvalue weighted by Gasteiger charge is 2.23. The second-order valence-corrected chi connectivity index (χ2v) is 11.5. The Hall–Kier alpha value is -4.09. The van der Waals surface area contributed by atoms with Gasteiger partial charge in [-0.05, 0) is 65.8 Å². The second-order valence-electron chi connectivity index (χ2n) is 9.84. The molecule has 2 rings (SSSR count). The number of nitrogens with zero attached hydrogens (tertiary/aromatic N) is 3. The Labute approximate surface area is 236 Å². The fraction of sp³-hybridized carbons (Fsp3) is 0.391. The number of hydrogen-bond donors (Lipinski definition) is 4. The van der Waals surface area contributed by atoms with Crippen molar-refractivity contribution >= 4 is 69.0 Å². The van der Waals surface area contributed by atoms with Gasteiger partial charge in [-0.3, -0.25) is 23.9 Å². The zero-order valence-electron chi connectivity index (χ0n) is 22.5. The predicted octanol–water partition coefficient (Wildman–Crippen LogP) is 3.12. The number of anilines is 3. The third-order valence-electron chi connectivity index (χ3n) is 4.09. The number of hydrogen-bond acceptors (Lipinski definition) is 11. The summed E-state index contributed by atoms with van der Waals surface area (Å²) in [5.41, 5.74) is -0.550. The molecule has 1 aromatic heterocycles. The summed E-state index contributed by atoms with van der Waals surface area (Å²) in [4.78, 5) is 55.8. The Bertz CT molecular complexity index is 1270. The van der Waals surface area contributed by atoms with E-state index >= 15 is 0 Å². The molecule has 4 N–H and O–H groups in total. The zero-order chi connectivity index (χ0) is 30.3. The van der Waals surface area contributed by atoms with Crippen LogP contribution in [0.1, 0.15) is 52.0 Å². The minimum Gasteiger partial charge on any atom is -0.755 e. The van der Waals surface area contributed by atoms with Crippen molar-refractivity contribution in [3.8, 4) is 0 Å². The number of amides is 3. The molecule has 1 unspecified atom stereocenters. The highest BCUT2D eigenvalue weighted by molar-refractivity contribution is 7.81. The van der Waals surface area contributed by atoms with Crippen LogP contribution in [0, 0.1) is 0 Å². The molecule has 0 saturated heterocycles. The summed E-state index contributed by atoms with van der Waals surface area (Å²) in [6.07, 6.45) is -1.85. The van der Waals surface area contributed by atoms with Gasteiger partial charge in [-0.1, -0.05) is 0 Å². The van der Waals surface area contributed by atoms with Gasteiger partial charge in [0.2, 0.25) is 11.9 Å². The van der Waals surface area contributed by atoms with E-state index in [1.165, 1.54) is 29.8 Å². The van der Waals surface area contributed by atoms with E-state index in [1.807, 2.05) is 0 Å². The summed E-state index contributed by atoms with van der Waals surface area (Å²) in [7, 11) is 0. The maximum Gasteiger partial charge on any atom is 0.414 e. The number of aromatic nitrogens is 1. The first-order valence-electron chi connectivity index (χ1n) is 11.5. The maximum absolute atomic E-state index is 12.5. The van der Waals surface area contributed by atoms with Gasteiger partial charge < -0.3 is 24.4 Å². The number of aromatic carboxylic acids is 1. The van der Waals surface area contributed by atoms with E-state index in [2.05, 4.69) is 25.9 Å². The van der Waals surface area contributed by atoms with Gasteiger partial charge in [0, 0.05) is 5.69 Å². The van der Waals surface area contributed by atoms with E-state index in [0.29, 0.717) is 0 Å². The van der Waals surface area contributed by atoms with Crippen molar-refractivity contribution in [1.82, 2.24) is 15.6 Å². The molecular formula is C23H29N6O9S2-. The molecule has 0 spiro atoms. The monoisotopic (exact) mass is 597 g/mol. The molecular weight excluding hydrogens is 568 g/mol. The van der Waals surface area contributed by atoms with Gasteiger partial charge >= 0.3 is 18.2 Å². The Kier molecular flexibility index (Phi) is 10.7. The molecule has 0 aliphatic rings. The van der Waals surface area contributed by atoms with Crippen LogP contribution in [0.3, 0.4) is 0 Å². The predicted molar refractivity (Wildman–Crippen MR) is 146 cm³/mol. The molecule has 1 aromatic carbocycles. The van der Waals surface area contributed by atoms with E-state index < -0.39 is 58.8 Å². The summed E-state index contributed by atoms with van der Waals surface area (Å²) in [5.74, 6) is -2.43. The van der Waals surface area contributed by atoms with Crippen LogP contribution in [0.5, 0.6) is 0 Å². The number of benzene rings is 1. The lowest BCUT2D eigenvalue weighted by Crippen LogP contribution is -2.47. The van der Waals surface area contributed by atoms with Crippen molar-refractivity contribution in [2.75, 3.05) is 16.2 Å². The first kappa shape index (κ1) is 32.1. The van der Waals surface area contributed by atoms with E-state index in [1.54, 1.807) is 41.5 Å². The molecule has 0 aliphatic carbocycles. The number of carbonyl (C=O) groups is 4. The number of nitrogens with one attached hydrogen (secondary N) is 3. The summed E-state index contributed by atoms with van der Waals surface area (Å²) < 4.78 is 34.7. The van der Waals surface area contributed by atoms with Gasteiger partial charge in [0.1, 0.15) is 22.7 Å². The molecule has 1 atom stereocenters. The summed E-state index contributed by atoms with van der Waals surface area (Å²) in [6, 6.07) is 5.47. The summed E-state index contributed by atoms with van der Waals surface area (Å²) >= 11 is -2.04. The number of guanidine groups is 1. The molecule has 2 aromatic rings. The molecule has 15 nitrogen and oxygen atoms in total. The fourth-order valence-corrected chi connectivity index (χ4v) is 4.28. The smallest absolute Gasteiger partial charge is 0.414 e. The number of carbonyl (C=O) groups excluding carboxylic acids is 3. The SMILES string of the molecule is CC(C)(C)OC(=O)NC(=NCC(=O)Nc1ccc(N(c2scnc2C(=O)O)S(=O)[O-])cc1)NC(=O)OC(C)(C)C. The molecule has 0 radical (unpaired) electrons. The van der Waals surface area contributed by atoms with Crippen LogP contribution in [0.2, 0.25) is 0 Å². The van der Waals surface area contributed by atoms with Gasteiger partial charge in [0.05, 0.1) is 22.5 Å². The van der Waals surface area contributed by atoms with Crippen molar-refractivity contribution in [1.29, 1.82) is 0 Å².